The van der Waals surface area contributed by atoms with Gasteiger partial charge in [0.25, 0.3) is 5.91 Å². The summed E-state index contributed by atoms with van der Waals surface area (Å²) in [6.45, 7) is 0.545. The van der Waals surface area contributed by atoms with E-state index in [1.54, 1.807) is 18.0 Å². The average Bonchev–Trinajstić information content (AvgIpc) is 3.95. The third kappa shape index (κ3) is 5.65. The molecule has 4 atom stereocenters. The lowest BCUT2D eigenvalue weighted by atomic mass is 9.98. The number of amides is 3. The SMILES string of the molecule is CN1CCCCC/C=C\[C@H]2C[C@@]2(C(=O)NS(=O)(=O)C2CC2)NC(=O)[C@@H]2C[C@@H](ON=C3c4ccccc4-c4ccccc43)C=C2C1=O. The lowest BCUT2D eigenvalue weighted by Crippen LogP contribution is -2.54. The monoisotopic (exact) mass is 642 g/mol. The van der Waals surface area contributed by atoms with Crippen molar-refractivity contribution in [3.8, 4) is 11.1 Å². The van der Waals surface area contributed by atoms with Gasteiger partial charge in [-0.05, 0) is 55.7 Å². The first kappa shape index (κ1) is 30.4. The molecule has 0 spiro atoms. The summed E-state index contributed by atoms with van der Waals surface area (Å²) in [7, 11) is -2.08. The highest BCUT2D eigenvalue weighted by atomic mass is 32.2. The third-order valence-electron chi connectivity index (χ3n) is 9.75. The zero-order valence-electron chi connectivity index (χ0n) is 25.8. The maximum atomic E-state index is 14.0. The fraction of sp³-hybridized carbons (Fsp3) is 0.429. The van der Waals surface area contributed by atoms with Crippen LogP contribution in [0, 0.1) is 11.8 Å². The Morgan fingerprint density at radius 1 is 1.00 bits per heavy atom. The molecule has 1 heterocycles. The summed E-state index contributed by atoms with van der Waals surface area (Å²) in [5, 5.41) is 6.89. The quantitative estimate of drug-likeness (QED) is 0.321. The van der Waals surface area contributed by atoms with Crippen LogP contribution in [0.5, 0.6) is 0 Å². The molecule has 4 aliphatic carbocycles. The van der Waals surface area contributed by atoms with E-state index in [0.29, 0.717) is 30.7 Å². The molecule has 240 valence electrons. The number of nitrogens with zero attached hydrogens (tertiary/aromatic N) is 2. The predicted molar refractivity (Wildman–Crippen MR) is 173 cm³/mol. The Morgan fingerprint density at radius 3 is 2.35 bits per heavy atom. The van der Waals surface area contributed by atoms with Gasteiger partial charge in [0.1, 0.15) is 17.4 Å². The predicted octanol–water partition coefficient (Wildman–Crippen LogP) is 3.82. The van der Waals surface area contributed by atoms with Gasteiger partial charge in [0, 0.05) is 42.6 Å². The molecule has 10 nitrogen and oxygen atoms in total. The average molecular weight is 643 g/mol. The van der Waals surface area contributed by atoms with Crippen LogP contribution in [0.2, 0.25) is 0 Å². The van der Waals surface area contributed by atoms with E-state index in [1.165, 1.54) is 0 Å². The van der Waals surface area contributed by atoms with Crippen LogP contribution in [0.1, 0.15) is 62.5 Å². The fourth-order valence-electron chi connectivity index (χ4n) is 6.84. The van der Waals surface area contributed by atoms with Crippen LogP contribution in [-0.2, 0) is 29.2 Å². The van der Waals surface area contributed by atoms with Gasteiger partial charge in [0.05, 0.1) is 11.2 Å². The Kier molecular flexibility index (Phi) is 7.83. The summed E-state index contributed by atoms with van der Waals surface area (Å²) in [6.07, 6.45) is 9.84. The van der Waals surface area contributed by atoms with Crippen molar-refractivity contribution in [3.63, 3.8) is 0 Å². The number of hydrogen-bond donors (Lipinski definition) is 2. The maximum Gasteiger partial charge on any atom is 0.259 e. The van der Waals surface area contributed by atoms with E-state index < -0.39 is 44.6 Å². The molecule has 2 saturated carbocycles. The number of rotatable bonds is 5. The number of carbonyl (C=O) groups is 3. The first-order valence-electron chi connectivity index (χ1n) is 16.1. The molecule has 0 unspecified atom stereocenters. The van der Waals surface area contributed by atoms with Crippen LogP contribution in [0.3, 0.4) is 0 Å². The highest BCUT2D eigenvalue weighted by Gasteiger charge is 2.61. The lowest BCUT2D eigenvalue weighted by Gasteiger charge is -2.24. The summed E-state index contributed by atoms with van der Waals surface area (Å²) in [6, 6.07) is 15.9. The molecule has 3 amide bonds. The van der Waals surface area contributed by atoms with Crippen LogP contribution >= 0.6 is 0 Å². The van der Waals surface area contributed by atoms with Gasteiger partial charge in [0.2, 0.25) is 21.8 Å². The molecule has 2 aromatic carbocycles. The van der Waals surface area contributed by atoms with Gasteiger partial charge in [-0.2, -0.15) is 0 Å². The fourth-order valence-corrected chi connectivity index (χ4v) is 8.20. The number of nitrogens with one attached hydrogen (secondary N) is 2. The molecule has 2 aromatic rings. The van der Waals surface area contributed by atoms with E-state index in [-0.39, 0.29) is 24.7 Å². The molecule has 11 heteroatoms. The summed E-state index contributed by atoms with van der Waals surface area (Å²) < 4.78 is 27.6. The number of fused-ring (bicyclic) bond motifs is 5. The number of allylic oxidation sites excluding steroid dienone is 1. The Balaban J connectivity index is 1.17. The minimum absolute atomic E-state index is 0.152. The van der Waals surface area contributed by atoms with Gasteiger partial charge in [0.15, 0.2) is 0 Å². The molecule has 7 rings (SSSR count). The first-order chi connectivity index (χ1) is 22.2. The third-order valence-corrected chi connectivity index (χ3v) is 11.6. The van der Waals surface area contributed by atoms with Crippen molar-refractivity contribution < 1.29 is 27.6 Å². The number of carbonyl (C=O) groups excluding carboxylic acids is 3. The van der Waals surface area contributed by atoms with E-state index in [0.717, 1.165) is 47.9 Å². The van der Waals surface area contributed by atoms with Gasteiger partial charge in [-0.3, -0.25) is 19.1 Å². The molecule has 2 N–H and O–H groups in total. The van der Waals surface area contributed by atoms with E-state index in [9.17, 15) is 22.8 Å². The van der Waals surface area contributed by atoms with Gasteiger partial charge in [-0.25, -0.2) is 8.42 Å². The Bertz CT molecular complexity index is 1750. The summed E-state index contributed by atoms with van der Waals surface area (Å²) in [5.74, 6) is -2.75. The zero-order valence-corrected chi connectivity index (χ0v) is 26.6. The van der Waals surface area contributed by atoms with Crippen LogP contribution in [0.4, 0.5) is 0 Å². The van der Waals surface area contributed by atoms with Crippen molar-refractivity contribution in [1.82, 2.24) is 14.9 Å². The van der Waals surface area contributed by atoms with E-state index >= 15 is 0 Å². The smallest absolute Gasteiger partial charge is 0.259 e. The van der Waals surface area contributed by atoms with Crippen molar-refractivity contribution in [1.29, 1.82) is 0 Å². The Labute approximate surface area is 269 Å². The van der Waals surface area contributed by atoms with Crippen molar-refractivity contribution in [2.45, 2.75) is 68.3 Å². The highest BCUT2D eigenvalue weighted by Crippen LogP contribution is 2.46. The second-order valence-electron chi connectivity index (χ2n) is 13.0. The van der Waals surface area contributed by atoms with E-state index in [1.807, 2.05) is 60.7 Å². The molecular weight excluding hydrogens is 604 g/mol. The van der Waals surface area contributed by atoms with Gasteiger partial charge in [-0.15, -0.1) is 0 Å². The number of hydrogen-bond acceptors (Lipinski definition) is 7. The molecule has 5 aliphatic rings. The highest BCUT2D eigenvalue weighted by molar-refractivity contribution is 7.91. The first-order valence-corrected chi connectivity index (χ1v) is 17.7. The summed E-state index contributed by atoms with van der Waals surface area (Å²) in [4.78, 5) is 48.9. The number of oxime groups is 1. The van der Waals surface area contributed by atoms with Crippen molar-refractivity contribution >= 4 is 33.5 Å². The molecule has 0 aromatic heterocycles. The normalized spacial score (nSPS) is 28.3. The lowest BCUT2D eigenvalue weighted by molar-refractivity contribution is -0.133. The number of benzene rings is 2. The molecular formula is C35H38N4O6S. The standard InChI is InChI=1S/C35H38N4O6S/c1-39-18-10-4-2-3-5-11-22-21-35(22,34(42)38-46(43,44)24-16-17-24)36-32(40)29-19-23(20-30(29)33(39)41)45-37-31-27-14-8-6-12-25(27)26-13-7-9-15-28(26)31/h5-9,11-15,20,22-24,29H,2-4,10,16-19,21H2,1H3,(H,36,40)(H,38,42)/b11-5-/t22-,23+,29+,35+/m0/s1. The number of likely N-dealkylation sites (N-methyl/N-ethyl adjacent to an activating group) is 1. The molecule has 2 fully saturated rings. The summed E-state index contributed by atoms with van der Waals surface area (Å²) >= 11 is 0. The van der Waals surface area contributed by atoms with Crippen LogP contribution < -0.4 is 10.0 Å². The van der Waals surface area contributed by atoms with E-state index in [2.05, 4.69) is 15.2 Å². The van der Waals surface area contributed by atoms with Gasteiger partial charge < -0.3 is 15.1 Å². The molecule has 0 bridgehead atoms. The topological polar surface area (TPSA) is 134 Å². The van der Waals surface area contributed by atoms with Crippen molar-refractivity contribution in [3.05, 3.63) is 83.5 Å². The maximum absolute atomic E-state index is 14.0. The van der Waals surface area contributed by atoms with Crippen LogP contribution in [-0.4, -0.2) is 67.2 Å². The van der Waals surface area contributed by atoms with Crippen molar-refractivity contribution in [2.24, 2.45) is 17.0 Å². The minimum atomic E-state index is -3.81. The van der Waals surface area contributed by atoms with Crippen molar-refractivity contribution in [2.75, 3.05) is 13.6 Å². The van der Waals surface area contributed by atoms with Crippen LogP contribution in [0.15, 0.2) is 77.5 Å². The molecule has 0 saturated heterocycles. The van der Waals surface area contributed by atoms with Crippen LogP contribution in [0.25, 0.3) is 11.1 Å². The largest absolute Gasteiger partial charge is 0.388 e. The van der Waals surface area contributed by atoms with Gasteiger partial charge >= 0.3 is 0 Å². The zero-order chi connectivity index (χ0) is 32.1. The second kappa shape index (κ2) is 11.8. The second-order valence-corrected chi connectivity index (χ2v) is 15.0. The van der Waals surface area contributed by atoms with E-state index in [4.69, 9.17) is 4.84 Å². The van der Waals surface area contributed by atoms with Gasteiger partial charge in [-0.1, -0.05) is 72.3 Å². The minimum Gasteiger partial charge on any atom is -0.388 e. The molecule has 0 radical (unpaired) electrons. The summed E-state index contributed by atoms with van der Waals surface area (Å²) in [5.41, 5.74) is 3.59. The Morgan fingerprint density at radius 2 is 1.67 bits per heavy atom. The Hall–Kier alpha value is -4.25. The molecule has 1 aliphatic heterocycles. The molecule has 46 heavy (non-hydrogen) atoms. The number of sulfonamides is 1.